The molecule has 144 valence electrons. The standard InChI is InChI=1S/C26H34O/c1-21(2)10-9-11-22(3)18-19-27-26(4,5)20-23-14-16-25(17-15-23)24-12-7-6-8-13-24/h6-8,10,12-18H,9,11,19-20H2,1-5H3/b22-18+. The van der Waals surface area contributed by atoms with Gasteiger partial charge in [-0.2, -0.15) is 0 Å². The molecule has 2 aromatic rings. The summed E-state index contributed by atoms with van der Waals surface area (Å²) in [6.07, 6.45) is 7.64. The number of benzene rings is 2. The van der Waals surface area contributed by atoms with Gasteiger partial charge in [0.25, 0.3) is 0 Å². The lowest BCUT2D eigenvalue weighted by Gasteiger charge is -2.25. The Bertz CT molecular complexity index is 745. The van der Waals surface area contributed by atoms with Gasteiger partial charge in [0, 0.05) is 6.42 Å². The predicted octanol–water partition coefficient (Wildman–Crippen LogP) is 7.38. The summed E-state index contributed by atoms with van der Waals surface area (Å²) in [4.78, 5) is 0. The minimum Gasteiger partial charge on any atom is -0.371 e. The van der Waals surface area contributed by atoms with Crippen molar-refractivity contribution in [3.63, 3.8) is 0 Å². The Balaban J connectivity index is 1.85. The highest BCUT2D eigenvalue weighted by atomic mass is 16.5. The third-order valence-electron chi connectivity index (χ3n) is 4.69. The molecular weight excluding hydrogens is 328 g/mol. The molecule has 2 aromatic carbocycles. The van der Waals surface area contributed by atoms with Crippen LogP contribution in [0.5, 0.6) is 0 Å². The molecule has 1 heteroatoms. The van der Waals surface area contributed by atoms with Crippen LogP contribution in [0.1, 0.15) is 53.0 Å². The van der Waals surface area contributed by atoms with Crippen LogP contribution >= 0.6 is 0 Å². The van der Waals surface area contributed by atoms with Crippen molar-refractivity contribution in [2.75, 3.05) is 6.61 Å². The summed E-state index contributed by atoms with van der Waals surface area (Å²) in [5, 5.41) is 0. The molecule has 0 radical (unpaired) electrons. The first-order chi connectivity index (χ1) is 12.9. The summed E-state index contributed by atoms with van der Waals surface area (Å²) in [6.45, 7) is 11.5. The Morgan fingerprint density at radius 1 is 0.852 bits per heavy atom. The minimum atomic E-state index is -0.176. The van der Waals surface area contributed by atoms with E-state index in [1.54, 1.807) is 0 Å². The van der Waals surface area contributed by atoms with Gasteiger partial charge in [0.05, 0.1) is 12.2 Å². The number of hydrogen-bond donors (Lipinski definition) is 0. The summed E-state index contributed by atoms with van der Waals surface area (Å²) < 4.78 is 6.15. The summed E-state index contributed by atoms with van der Waals surface area (Å²) in [6, 6.07) is 19.3. The molecule has 0 atom stereocenters. The maximum absolute atomic E-state index is 6.15. The van der Waals surface area contributed by atoms with Gasteiger partial charge in [-0.15, -0.1) is 0 Å². The summed E-state index contributed by atoms with van der Waals surface area (Å²) in [5.74, 6) is 0. The second-order valence-electron chi connectivity index (χ2n) is 8.18. The van der Waals surface area contributed by atoms with Gasteiger partial charge in [-0.1, -0.05) is 77.9 Å². The number of allylic oxidation sites excluding steroid dienone is 3. The molecule has 0 spiro atoms. The van der Waals surface area contributed by atoms with Gasteiger partial charge in [-0.3, -0.25) is 0 Å². The molecule has 0 aliphatic carbocycles. The third kappa shape index (κ3) is 7.97. The second kappa shape index (κ2) is 10.3. The SMILES string of the molecule is CC(C)=CCC/C(C)=C/COC(C)(C)Cc1ccc(-c2ccccc2)cc1. The van der Waals surface area contributed by atoms with E-state index in [-0.39, 0.29) is 5.60 Å². The largest absolute Gasteiger partial charge is 0.371 e. The minimum absolute atomic E-state index is 0.176. The van der Waals surface area contributed by atoms with Crippen LogP contribution in [0.15, 0.2) is 77.9 Å². The first-order valence-electron chi connectivity index (χ1n) is 9.93. The lowest BCUT2D eigenvalue weighted by atomic mass is 9.96. The maximum atomic E-state index is 6.15. The van der Waals surface area contributed by atoms with Crippen molar-refractivity contribution in [2.45, 2.75) is 59.5 Å². The Morgan fingerprint density at radius 3 is 2.11 bits per heavy atom. The van der Waals surface area contributed by atoms with E-state index in [2.05, 4.69) is 101 Å². The van der Waals surface area contributed by atoms with Crippen LogP contribution in [0.3, 0.4) is 0 Å². The number of ether oxygens (including phenoxy) is 1. The van der Waals surface area contributed by atoms with E-state index in [1.807, 2.05) is 0 Å². The van der Waals surface area contributed by atoms with Crippen molar-refractivity contribution >= 4 is 0 Å². The monoisotopic (exact) mass is 362 g/mol. The zero-order valence-electron chi connectivity index (χ0n) is 17.6. The number of hydrogen-bond acceptors (Lipinski definition) is 1. The molecule has 0 fully saturated rings. The molecule has 0 aromatic heterocycles. The fraction of sp³-hybridized carbons (Fsp3) is 0.385. The van der Waals surface area contributed by atoms with Gasteiger partial charge in [0.2, 0.25) is 0 Å². The highest BCUT2D eigenvalue weighted by Crippen LogP contribution is 2.22. The molecule has 0 heterocycles. The molecule has 0 saturated heterocycles. The first kappa shape index (κ1) is 21.2. The highest BCUT2D eigenvalue weighted by molar-refractivity contribution is 5.63. The fourth-order valence-electron chi connectivity index (χ4n) is 3.09. The third-order valence-corrected chi connectivity index (χ3v) is 4.69. The van der Waals surface area contributed by atoms with Crippen LogP contribution in [0, 0.1) is 0 Å². The first-order valence-corrected chi connectivity index (χ1v) is 9.93. The van der Waals surface area contributed by atoms with E-state index in [0.717, 1.165) is 19.3 Å². The van der Waals surface area contributed by atoms with Crippen molar-refractivity contribution < 1.29 is 4.74 Å². The quantitative estimate of drug-likeness (QED) is 0.423. The molecule has 0 unspecified atom stereocenters. The van der Waals surface area contributed by atoms with Gasteiger partial charge < -0.3 is 4.74 Å². The Hall–Kier alpha value is -2.12. The summed E-state index contributed by atoms with van der Waals surface area (Å²) in [7, 11) is 0. The van der Waals surface area contributed by atoms with Gasteiger partial charge in [0.15, 0.2) is 0 Å². The molecule has 0 aliphatic heterocycles. The average Bonchev–Trinajstić information content (AvgIpc) is 2.62. The average molecular weight is 363 g/mol. The normalized spacial score (nSPS) is 12.1. The van der Waals surface area contributed by atoms with Gasteiger partial charge in [-0.25, -0.2) is 0 Å². The van der Waals surface area contributed by atoms with Crippen LogP contribution in [-0.4, -0.2) is 12.2 Å². The van der Waals surface area contributed by atoms with Crippen molar-refractivity contribution in [3.8, 4) is 11.1 Å². The summed E-state index contributed by atoms with van der Waals surface area (Å²) in [5.41, 5.74) is 6.43. The van der Waals surface area contributed by atoms with Crippen molar-refractivity contribution in [2.24, 2.45) is 0 Å². The van der Waals surface area contributed by atoms with Crippen LogP contribution in [0.25, 0.3) is 11.1 Å². The van der Waals surface area contributed by atoms with Crippen LogP contribution in [-0.2, 0) is 11.2 Å². The van der Waals surface area contributed by atoms with E-state index >= 15 is 0 Å². The molecule has 2 rings (SSSR count). The topological polar surface area (TPSA) is 9.23 Å². The van der Waals surface area contributed by atoms with Gasteiger partial charge >= 0.3 is 0 Å². The van der Waals surface area contributed by atoms with Crippen LogP contribution in [0.4, 0.5) is 0 Å². The Kier molecular flexibility index (Phi) is 8.06. The molecule has 0 amide bonds. The predicted molar refractivity (Wildman–Crippen MR) is 118 cm³/mol. The molecular formula is C26H34O. The van der Waals surface area contributed by atoms with Gasteiger partial charge in [-0.05, 0) is 64.2 Å². The molecule has 0 saturated carbocycles. The van der Waals surface area contributed by atoms with E-state index in [0.29, 0.717) is 6.61 Å². The lowest BCUT2D eigenvalue weighted by molar-refractivity contribution is -0.000480. The zero-order chi connectivity index (χ0) is 19.7. The van der Waals surface area contributed by atoms with Crippen molar-refractivity contribution in [3.05, 3.63) is 83.5 Å². The second-order valence-corrected chi connectivity index (χ2v) is 8.18. The van der Waals surface area contributed by atoms with Crippen molar-refractivity contribution in [1.29, 1.82) is 0 Å². The Labute approximate surface area is 165 Å². The molecule has 1 nitrogen and oxygen atoms in total. The van der Waals surface area contributed by atoms with Crippen molar-refractivity contribution in [1.82, 2.24) is 0 Å². The lowest BCUT2D eigenvalue weighted by Crippen LogP contribution is -2.27. The molecule has 0 N–H and O–H groups in total. The number of rotatable bonds is 9. The molecule has 0 aliphatic rings. The van der Waals surface area contributed by atoms with Gasteiger partial charge in [0.1, 0.15) is 0 Å². The highest BCUT2D eigenvalue weighted by Gasteiger charge is 2.18. The van der Waals surface area contributed by atoms with E-state index in [4.69, 9.17) is 4.74 Å². The molecule has 0 bridgehead atoms. The smallest absolute Gasteiger partial charge is 0.0670 e. The summed E-state index contributed by atoms with van der Waals surface area (Å²) >= 11 is 0. The maximum Gasteiger partial charge on any atom is 0.0670 e. The molecule has 27 heavy (non-hydrogen) atoms. The van der Waals surface area contributed by atoms with E-state index < -0.39 is 0 Å². The fourth-order valence-corrected chi connectivity index (χ4v) is 3.09. The van der Waals surface area contributed by atoms with E-state index in [9.17, 15) is 0 Å². The van der Waals surface area contributed by atoms with E-state index in [1.165, 1.54) is 27.8 Å². The Morgan fingerprint density at radius 2 is 1.48 bits per heavy atom. The van der Waals surface area contributed by atoms with Crippen LogP contribution in [0.2, 0.25) is 0 Å². The van der Waals surface area contributed by atoms with Crippen LogP contribution < -0.4 is 0 Å². The zero-order valence-corrected chi connectivity index (χ0v) is 17.6.